The van der Waals surface area contributed by atoms with Crippen molar-refractivity contribution in [1.82, 2.24) is 21.3 Å². The Bertz CT molecular complexity index is 512. The van der Waals surface area contributed by atoms with Crippen molar-refractivity contribution >= 4 is 23.6 Å². The molecule has 4 unspecified atom stereocenters. The third-order valence-corrected chi connectivity index (χ3v) is 4.82. The molecule has 0 fully saturated rings. The lowest BCUT2D eigenvalue weighted by Crippen LogP contribution is -2.48. The van der Waals surface area contributed by atoms with Crippen molar-refractivity contribution < 1.29 is 19.2 Å². The minimum Gasteiger partial charge on any atom is -0.359 e. The Morgan fingerprint density at radius 1 is 0.688 bits per heavy atom. The van der Waals surface area contributed by atoms with Gasteiger partial charge in [-0.1, -0.05) is 49.0 Å². The third kappa shape index (κ3) is 21.1. The van der Waals surface area contributed by atoms with Gasteiger partial charge < -0.3 is 21.3 Å². The number of rotatable bonds is 10. The van der Waals surface area contributed by atoms with Gasteiger partial charge in [0.05, 0.1) is 0 Å². The first kappa shape index (κ1) is 37.2. The van der Waals surface area contributed by atoms with Crippen molar-refractivity contribution in [3.05, 3.63) is 0 Å². The summed E-state index contributed by atoms with van der Waals surface area (Å²) in [6.45, 7) is 17.8. The Morgan fingerprint density at radius 2 is 1.16 bits per heavy atom. The summed E-state index contributed by atoms with van der Waals surface area (Å²) in [5, 5.41) is 10.8. The molecule has 0 heterocycles. The van der Waals surface area contributed by atoms with Gasteiger partial charge in [-0.3, -0.25) is 19.2 Å². The largest absolute Gasteiger partial charge is 0.359 e. The Labute approximate surface area is 197 Å². The van der Waals surface area contributed by atoms with Gasteiger partial charge in [-0.05, 0) is 39.5 Å². The normalized spacial score (nSPS) is 13.1. The molecule has 0 aromatic carbocycles. The van der Waals surface area contributed by atoms with Crippen molar-refractivity contribution in [2.24, 2.45) is 11.8 Å². The van der Waals surface area contributed by atoms with Crippen LogP contribution in [0.2, 0.25) is 0 Å². The molecule has 192 valence electrons. The van der Waals surface area contributed by atoms with E-state index < -0.39 is 6.04 Å². The average Bonchev–Trinajstić information content (AvgIpc) is 2.76. The Balaban J connectivity index is -0.000000191. The summed E-state index contributed by atoms with van der Waals surface area (Å²) >= 11 is 0. The quantitative estimate of drug-likeness (QED) is 0.400. The third-order valence-electron chi connectivity index (χ3n) is 4.82. The molecule has 0 saturated heterocycles. The van der Waals surface area contributed by atoms with E-state index in [-0.39, 0.29) is 48.9 Å². The Hall–Kier alpha value is -2.12. The van der Waals surface area contributed by atoms with Crippen LogP contribution in [-0.2, 0) is 19.2 Å². The van der Waals surface area contributed by atoms with Gasteiger partial charge in [-0.25, -0.2) is 0 Å². The van der Waals surface area contributed by atoms with Crippen LogP contribution in [0.1, 0.15) is 95.4 Å². The smallest absolute Gasteiger partial charge is 0.242 e. The molecule has 8 nitrogen and oxygen atoms in total. The number of hydrogen-bond donors (Lipinski definition) is 4. The van der Waals surface area contributed by atoms with E-state index in [1.165, 1.54) is 6.92 Å². The summed E-state index contributed by atoms with van der Waals surface area (Å²) in [7, 11) is 1.66. The fraction of sp³-hybridized carbons (Fsp3) is 0.833. The van der Waals surface area contributed by atoms with Crippen LogP contribution in [-0.4, -0.2) is 49.3 Å². The van der Waals surface area contributed by atoms with Crippen molar-refractivity contribution in [1.29, 1.82) is 0 Å². The van der Waals surface area contributed by atoms with Gasteiger partial charge in [-0.15, -0.1) is 0 Å². The van der Waals surface area contributed by atoms with E-state index in [1.807, 2.05) is 55.4 Å². The molecule has 4 N–H and O–H groups in total. The number of nitrogens with one attached hydrogen (secondary N) is 4. The summed E-state index contributed by atoms with van der Waals surface area (Å²) in [5.41, 5.74) is 0. The molecule has 0 aliphatic carbocycles. The predicted octanol–water partition coefficient (Wildman–Crippen LogP) is 3.40. The highest BCUT2D eigenvalue weighted by molar-refractivity contribution is 5.86. The van der Waals surface area contributed by atoms with E-state index in [2.05, 4.69) is 21.3 Å². The molecule has 4 atom stereocenters. The monoisotopic (exact) mass is 460 g/mol. The van der Waals surface area contributed by atoms with E-state index in [4.69, 9.17) is 0 Å². The van der Waals surface area contributed by atoms with Crippen LogP contribution in [0.3, 0.4) is 0 Å². The molecule has 0 aromatic heterocycles. The van der Waals surface area contributed by atoms with Gasteiger partial charge in [0.2, 0.25) is 23.6 Å². The van der Waals surface area contributed by atoms with Crippen LogP contribution < -0.4 is 21.3 Å². The van der Waals surface area contributed by atoms with Gasteiger partial charge in [0, 0.05) is 38.4 Å². The SMILES string of the molecule is C.CCC(C)C(=O)NC.CCC(C)NC(=O)C(CC)NC(C)=O.CCNC(=O)C(C)CC. The number of carbonyl (C=O) groups excluding carboxylic acids is 4. The maximum Gasteiger partial charge on any atom is 0.242 e. The van der Waals surface area contributed by atoms with Crippen LogP contribution in [0.5, 0.6) is 0 Å². The van der Waals surface area contributed by atoms with Crippen molar-refractivity contribution in [3.8, 4) is 0 Å². The number of hydrogen-bond acceptors (Lipinski definition) is 4. The molecule has 0 radical (unpaired) electrons. The van der Waals surface area contributed by atoms with Crippen LogP contribution in [0.25, 0.3) is 0 Å². The second-order valence-corrected chi connectivity index (χ2v) is 7.61. The van der Waals surface area contributed by atoms with E-state index in [0.29, 0.717) is 6.42 Å². The van der Waals surface area contributed by atoms with E-state index >= 15 is 0 Å². The van der Waals surface area contributed by atoms with Gasteiger partial charge in [0.25, 0.3) is 0 Å². The van der Waals surface area contributed by atoms with Crippen molar-refractivity contribution in [3.63, 3.8) is 0 Å². The maximum atomic E-state index is 11.6. The molecular weight excluding hydrogens is 408 g/mol. The second-order valence-electron chi connectivity index (χ2n) is 7.61. The fourth-order valence-corrected chi connectivity index (χ4v) is 2.01. The lowest BCUT2D eigenvalue weighted by Gasteiger charge is -2.18. The molecule has 0 aromatic rings. The van der Waals surface area contributed by atoms with Crippen LogP contribution in [0.4, 0.5) is 0 Å². The summed E-state index contributed by atoms with van der Waals surface area (Å²) in [4.78, 5) is 43.8. The first-order chi connectivity index (χ1) is 14.4. The fourth-order valence-electron chi connectivity index (χ4n) is 2.01. The molecule has 8 heteroatoms. The highest BCUT2D eigenvalue weighted by Gasteiger charge is 2.17. The molecule has 4 amide bonds. The van der Waals surface area contributed by atoms with Crippen molar-refractivity contribution in [2.45, 2.75) is 108 Å². The standard InChI is InChI=1S/C10H20N2O2.C7H15NO.C6H13NO.CH4/c1-5-7(3)11-10(14)9(6-2)12-8(4)13;1-4-6(3)7(9)8-5-2;1-4-5(2)6(8)7-3;/h7,9H,5-6H2,1-4H3,(H,11,14)(H,12,13);6H,4-5H2,1-3H3,(H,8,9);5H,4H2,1-3H3,(H,7,8);1H4. The van der Waals surface area contributed by atoms with Crippen LogP contribution in [0.15, 0.2) is 0 Å². The zero-order valence-corrected chi connectivity index (χ0v) is 21.5. The summed E-state index contributed by atoms with van der Waals surface area (Å²) in [5.74, 6) is 0.366. The summed E-state index contributed by atoms with van der Waals surface area (Å²) in [6, 6.07) is -0.244. The van der Waals surface area contributed by atoms with Crippen LogP contribution in [0, 0.1) is 11.8 Å². The Kier molecular flexibility index (Phi) is 27.4. The van der Waals surface area contributed by atoms with E-state index in [0.717, 1.165) is 25.8 Å². The lowest BCUT2D eigenvalue weighted by molar-refractivity contribution is -0.128. The molecule has 0 rings (SSSR count). The minimum absolute atomic E-state index is 0. The zero-order chi connectivity index (χ0) is 25.0. The van der Waals surface area contributed by atoms with Gasteiger partial charge in [0.15, 0.2) is 0 Å². The average molecular weight is 461 g/mol. The minimum atomic E-state index is -0.401. The lowest BCUT2D eigenvalue weighted by atomic mass is 10.1. The molecule has 0 aliphatic heterocycles. The first-order valence-electron chi connectivity index (χ1n) is 11.5. The maximum absolute atomic E-state index is 11.6. The predicted molar refractivity (Wildman–Crippen MR) is 134 cm³/mol. The highest BCUT2D eigenvalue weighted by atomic mass is 16.2. The van der Waals surface area contributed by atoms with Gasteiger partial charge in [0.1, 0.15) is 6.04 Å². The zero-order valence-electron chi connectivity index (χ0n) is 21.5. The van der Waals surface area contributed by atoms with E-state index in [9.17, 15) is 19.2 Å². The molecule has 32 heavy (non-hydrogen) atoms. The Morgan fingerprint density at radius 3 is 1.44 bits per heavy atom. The molecular formula is C24H52N4O4. The van der Waals surface area contributed by atoms with Crippen LogP contribution >= 0.6 is 0 Å². The van der Waals surface area contributed by atoms with Crippen molar-refractivity contribution in [2.75, 3.05) is 13.6 Å². The van der Waals surface area contributed by atoms with Gasteiger partial charge >= 0.3 is 0 Å². The molecule has 0 spiro atoms. The second kappa shape index (κ2) is 23.5. The first-order valence-corrected chi connectivity index (χ1v) is 11.5. The molecule has 0 bridgehead atoms. The summed E-state index contributed by atoms with van der Waals surface area (Å²) in [6.07, 6.45) is 3.34. The number of amides is 4. The van der Waals surface area contributed by atoms with E-state index in [1.54, 1.807) is 7.05 Å². The summed E-state index contributed by atoms with van der Waals surface area (Å²) < 4.78 is 0. The molecule has 0 saturated carbocycles. The highest BCUT2D eigenvalue weighted by Crippen LogP contribution is 1.99. The van der Waals surface area contributed by atoms with Gasteiger partial charge in [-0.2, -0.15) is 0 Å². The number of carbonyl (C=O) groups is 4. The molecule has 0 aliphatic rings. The topological polar surface area (TPSA) is 116 Å².